The number of fused-ring (bicyclic) bond motifs is 1. The summed E-state index contributed by atoms with van der Waals surface area (Å²) in [5.41, 5.74) is 5.14. The lowest BCUT2D eigenvalue weighted by atomic mass is 9.99. The number of benzene rings is 4. The van der Waals surface area contributed by atoms with Gasteiger partial charge in [-0.3, -0.25) is 9.59 Å². The fourth-order valence-electron chi connectivity index (χ4n) is 4.18. The second-order valence-corrected chi connectivity index (χ2v) is 9.22. The summed E-state index contributed by atoms with van der Waals surface area (Å²) in [7, 11) is 3.77. The van der Waals surface area contributed by atoms with Gasteiger partial charge in [-0.05, 0) is 65.2 Å². The maximum Gasteiger partial charge on any atom is 0.255 e. The van der Waals surface area contributed by atoms with E-state index in [-0.39, 0.29) is 11.7 Å². The molecular formula is C31H26FN5O2. The molecule has 0 radical (unpaired) electrons. The van der Waals surface area contributed by atoms with Crippen molar-refractivity contribution in [1.29, 1.82) is 0 Å². The summed E-state index contributed by atoms with van der Waals surface area (Å²) in [6.45, 7) is 0.501. The summed E-state index contributed by atoms with van der Waals surface area (Å²) in [4.78, 5) is 35.2. The molecule has 5 rings (SSSR count). The van der Waals surface area contributed by atoms with Crippen LogP contribution in [-0.4, -0.2) is 36.3 Å². The predicted octanol–water partition coefficient (Wildman–Crippen LogP) is 6.18. The number of nitrogens with one attached hydrogen (secondary N) is 2. The topological polar surface area (TPSA) is 87.2 Å². The van der Waals surface area contributed by atoms with E-state index in [0.717, 1.165) is 33.9 Å². The van der Waals surface area contributed by atoms with Crippen LogP contribution in [-0.2, 0) is 6.54 Å². The van der Waals surface area contributed by atoms with Gasteiger partial charge in [-0.2, -0.15) is 4.98 Å². The molecule has 0 spiro atoms. The van der Waals surface area contributed by atoms with Crippen LogP contribution < -0.4 is 15.5 Å². The third kappa shape index (κ3) is 5.75. The average Bonchev–Trinajstić information content (AvgIpc) is 2.96. The Morgan fingerprint density at radius 2 is 1.67 bits per heavy atom. The molecule has 0 saturated heterocycles. The van der Waals surface area contributed by atoms with Crippen LogP contribution >= 0.6 is 0 Å². The highest BCUT2D eigenvalue weighted by Crippen LogP contribution is 2.30. The Bertz CT molecular complexity index is 1650. The molecule has 1 aromatic heterocycles. The Kier molecular flexibility index (Phi) is 7.27. The van der Waals surface area contributed by atoms with Crippen molar-refractivity contribution in [3.63, 3.8) is 0 Å². The molecular weight excluding hydrogens is 493 g/mol. The Morgan fingerprint density at radius 1 is 0.923 bits per heavy atom. The molecule has 0 bridgehead atoms. The number of carbonyl (C=O) groups is 2. The van der Waals surface area contributed by atoms with E-state index in [1.807, 2.05) is 79.7 Å². The lowest BCUT2D eigenvalue weighted by Gasteiger charge is -2.16. The lowest BCUT2D eigenvalue weighted by molar-refractivity contribution is 0.102. The van der Waals surface area contributed by atoms with Gasteiger partial charge in [0.25, 0.3) is 5.91 Å². The van der Waals surface area contributed by atoms with Crippen LogP contribution in [0.5, 0.6) is 0 Å². The summed E-state index contributed by atoms with van der Waals surface area (Å²) in [5.74, 6) is 0.554. The number of anilines is 3. The zero-order valence-electron chi connectivity index (χ0n) is 21.5. The van der Waals surface area contributed by atoms with E-state index in [0.29, 0.717) is 35.1 Å². The first-order chi connectivity index (χ1) is 18.9. The molecule has 0 saturated carbocycles. The average molecular weight is 520 g/mol. The van der Waals surface area contributed by atoms with E-state index in [9.17, 15) is 14.0 Å². The molecule has 0 unspecified atom stereocenters. The van der Waals surface area contributed by atoms with Crippen LogP contribution in [0.25, 0.3) is 22.0 Å². The van der Waals surface area contributed by atoms with Gasteiger partial charge in [0.15, 0.2) is 6.29 Å². The number of hydrogen-bond donors (Lipinski definition) is 2. The first-order valence-corrected chi connectivity index (χ1v) is 12.3. The van der Waals surface area contributed by atoms with Crippen LogP contribution in [0.2, 0.25) is 0 Å². The molecule has 0 aliphatic carbocycles. The zero-order valence-corrected chi connectivity index (χ0v) is 21.5. The molecule has 2 N–H and O–H groups in total. The second kappa shape index (κ2) is 11.1. The zero-order chi connectivity index (χ0) is 27.4. The molecule has 4 aromatic carbocycles. The molecule has 39 heavy (non-hydrogen) atoms. The van der Waals surface area contributed by atoms with E-state index in [1.54, 1.807) is 6.07 Å². The minimum atomic E-state index is -0.388. The summed E-state index contributed by atoms with van der Waals surface area (Å²) in [6, 6.07) is 26.2. The quantitative estimate of drug-likeness (QED) is 0.238. The highest BCUT2D eigenvalue weighted by Gasteiger charge is 2.12. The molecule has 0 aliphatic rings. The van der Waals surface area contributed by atoms with Gasteiger partial charge in [-0.1, -0.05) is 42.5 Å². The van der Waals surface area contributed by atoms with Gasteiger partial charge >= 0.3 is 0 Å². The monoisotopic (exact) mass is 519 g/mol. The molecule has 0 fully saturated rings. The summed E-state index contributed by atoms with van der Waals surface area (Å²) in [5, 5.41) is 7.09. The normalized spacial score (nSPS) is 10.7. The standard InChI is InChI=1S/C31H26FN5O2/c1-37(2)31-35-28-17-22(26-6-4-3-5-23(26)19-38)11-16-27(28)29(36-31)33-18-20-7-14-25(15-8-20)34-30(39)21-9-12-24(32)13-10-21/h3-17,19H,18H2,1-2H3,(H,34,39)(H,33,35,36). The van der Waals surface area contributed by atoms with Gasteiger partial charge in [0, 0.05) is 42.8 Å². The largest absolute Gasteiger partial charge is 0.365 e. The molecule has 5 aromatic rings. The van der Waals surface area contributed by atoms with Crippen molar-refractivity contribution in [2.45, 2.75) is 6.54 Å². The number of amides is 1. The predicted molar refractivity (Wildman–Crippen MR) is 153 cm³/mol. The van der Waals surface area contributed by atoms with Crippen LogP contribution in [0.15, 0.2) is 91.0 Å². The lowest BCUT2D eigenvalue weighted by Crippen LogP contribution is -2.14. The fraction of sp³-hybridized carbons (Fsp3) is 0.0968. The van der Waals surface area contributed by atoms with Crippen molar-refractivity contribution >= 4 is 40.5 Å². The fourth-order valence-corrected chi connectivity index (χ4v) is 4.18. The van der Waals surface area contributed by atoms with Crippen LogP contribution in [0, 0.1) is 5.82 Å². The Labute approximate surface area is 225 Å². The second-order valence-electron chi connectivity index (χ2n) is 9.22. The van der Waals surface area contributed by atoms with Gasteiger partial charge in [0.2, 0.25) is 5.95 Å². The molecule has 0 aliphatic heterocycles. The van der Waals surface area contributed by atoms with Crippen LogP contribution in [0.1, 0.15) is 26.3 Å². The van der Waals surface area contributed by atoms with Crippen molar-refractivity contribution in [3.8, 4) is 11.1 Å². The highest BCUT2D eigenvalue weighted by atomic mass is 19.1. The van der Waals surface area contributed by atoms with Crippen molar-refractivity contribution < 1.29 is 14.0 Å². The molecule has 7 nitrogen and oxygen atoms in total. The van der Waals surface area contributed by atoms with Gasteiger partial charge in [0.1, 0.15) is 11.6 Å². The smallest absolute Gasteiger partial charge is 0.255 e. The molecule has 0 atom stereocenters. The number of hydrogen-bond acceptors (Lipinski definition) is 6. The van der Waals surface area contributed by atoms with E-state index in [1.165, 1.54) is 24.3 Å². The number of carbonyl (C=O) groups excluding carboxylic acids is 2. The van der Waals surface area contributed by atoms with E-state index < -0.39 is 0 Å². The van der Waals surface area contributed by atoms with Crippen molar-refractivity contribution in [2.24, 2.45) is 0 Å². The number of aromatic nitrogens is 2. The molecule has 194 valence electrons. The molecule has 1 amide bonds. The highest BCUT2D eigenvalue weighted by molar-refractivity contribution is 6.04. The van der Waals surface area contributed by atoms with Crippen molar-refractivity contribution in [1.82, 2.24) is 9.97 Å². The van der Waals surface area contributed by atoms with Gasteiger partial charge < -0.3 is 15.5 Å². The van der Waals surface area contributed by atoms with E-state index >= 15 is 0 Å². The number of rotatable bonds is 8. The summed E-state index contributed by atoms with van der Waals surface area (Å²) < 4.78 is 13.1. The Morgan fingerprint density at radius 3 is 2.38 bits per heavy atom. The first kappa shape index (κ1) is 25.5. The number of nitrogens with zero attached hydrogens (tertiary/aromatic N) is 3. The van der Waals surface area contributed by atoms with E-state index in [4.69, 9.17) is 9.97 Å². The Hall–Kier alpha value is -5.11. The molecule has 1 heterocycles. The summed E-state index contributed by atoms with van der Waals surface area (Å²) in [6.07, 6.45) is 0.858. The summed E-state index contributed by atoms with van der Waals surface area (Å²) >= 11 is 0. The minimum Gasteiger partial charge on any atom is -0.365 e. The van der Waals surface area contributed by atoms with Crippen LogP contribution in [0.4, 0.5) is 21.8 Å². The van der Waals surface area contributed by atoms with E-state index in [2.05, 4.69) is 10.6 Å². The first-order valence-electron chi connectivity index (χ1n) is 12.3. The van der Waals surface area contributed by atoms with Gasteiger partial charge in [-0.25, -0.2) is 9.37 Å². The minimum absolute atomic E-state index is 0.306. The maximum atomic E-state index is 13.1. The molecule has 8 heteroatoms. The number of aldehydes is 1. The van der Waals surface area contributed by atoms with Gasteiger partial charge in [0.05, 0.1) is 5.52 Å². The van der Waals surface area contributed by atoms with Crippen LogP contribution in [0.3, 0.4) is 0 Å². The van der Waals surface area contributed by atoms with Gasteiger partial charge in [-0.15, -0.1) is 0 Å². The third-order valence-corrected chi connectivity index (χ3v) is 6.26. The Balaban J connectivity index is 1.36. The number of halogens is 1. The SMILES string of the molecule is CN(C)c1nc(NCc2ccc(NC(=O)c3ccc(F)cc3)cc2)c2ccc(-c3ccccc3C=O)cc2n1. The van der Waals surface area contributed by atoms with Crippen molar-refractivity contribution in [3.05, 3.63) is 114 Å². The van der Waals surface area contributed by atoms with Crippen molar-refractivity contribution in [2.75, 3.05) is 29.6 Å². The maximum absolute atomic E-state index is 13.1. The third-order valence-electron chi connectivity index (χ3n) is 6.26.